The standard InChI is InChI=1S/C16H27NO2/c1-6-13-9-12(2)7-8-15(13)19-11-14(18)10-17-16(3,4)5/h7-9,14,17-18H,6,10-11H2,1-5H3. The number of ether oxygens (including phenoxy) is 1. The van der Waals surface area contributed by atoms with Gasteiger partial charge >= 0.3 is 0 Å². The highest BCUT2D eigenvalue weighted by Crippen LogP contribution is 2.20. The molecule has 0 amide bonds. The van der Waals surface area contributed by atoms with E-state index in [2.05, 4.69) is 46.0 Å². The van der Waals surface area contributed by atoms with Crippen LogP contribution in [0.3, 0.4) is 0 Å². The lowest BCUT2D eigenvalue weighted by Gasteiger charge is -2.23. The van der Waals surface area contributed by atoms with Gasteiger partial charge in [-0.05, 0) is 45.7 Å². The van der Waals surface area contributed by atoms with Crippen LogP contribution in [0.25, 0.3) is 0 Å². The molecule has 1 atom stereocenters. The molecule has 1 rings (SSSR count). The zero-order valence-electron chi connectivity index (χ0n) is 12.8. The van der Waals surface area contributed by atoms with E-state index in [1.54, 1.807) is 0 Å². The molecule has 0 heterocycles. The second kappa shape index (κ2) is 6.92. The molecule has 0 radical (unpaired) electrons. The normalized spacial score (nSPS) is 13.4. The summed E-state index contributed by atoms with van der Waals surface area (Å²) in [5, 5.41) is 13.2. The molecule has 0 saturated carbocycles. The number of hydrogen-bond donors (Lipinski definition) is 2. The highest BCUT2D eigenvalue weighted by Gasteiger charge is 2.13. The van der Waals surface area contributed by atoms with Crippen molar-refractivity contribution in [2.75, 3.05) is 13.2 Å². The first-order valence-electron chi connectivity index (χ1n) is 6.97. The molecule has 3 nitrogen and oxygen atoms in total. The van der Waals surface area contributed by atoms with E-state index in [1.165, 1.54) is 11.1 Å². The molecule has 108 valence electrons. The van der Waals surface area contributed by atoms with Crippen molar-refractivity contribution < 1.29 is 9.84 Å². The van der Waals surface area contributed by atoms with Crippen LogP contribution in [-0.2, 0) is 6.42 Å². The molecule has 0 bridgehead atoms. The largest absolute Gasteiger partial charge is 0.491 e. The van der Waals surface area contributed by atoms with Gasteiger partial charge in [-0.3, -0.25) is 0 Å². The predicted octanol–water partition coefficient (Wildman–Crippen LogP) is 2.69. The summed E-state index contributed by atoms with van der Waals surface area (Å²) in [7, 11) is 0. The first-order chi connectivity index (χ1) is 8.81. The number of hydrogen-bond acceptors (Lipinski definition) is 3. The first-order valence-corrected chi connectivity index (χ1v) is 6.97. The molecule has 3 heteroatoms. The maximum Gasteiger partial charge on any atom is 0.122 e. The number of nitrogens with one attached hydrogen (secondary N) is 1. The van der Waals surface area contributed by atoms with E-state index in [9.17, 15) is 5.11 Å². The van der Waals surface area contributed by atoms with Gasteiger partial charge in [0.15, 0.2) is 0 Å². The lowest BCUT2D eigenvalue weighted by atomic mass is 10.1. The number of β-amino-alcohol motifs (C(OH)–C–C–N with tert-alkyl or cyclic N) is 1. The molecule has 0 saturated heterocycles. The molecule has 19 heavy (non-hydrogen) atoms. The van der Waals surface area contributed by atoms with Crippen LogP contribution in [-0.4, -0.2) is 29.9 Å². The van der Waals surface area contributed by atoms with Crippen LogP contribution >= 0.6 is 0 Å². The highest BCUT2D eigenvalue weighted by molar-refractivity contribution is 5.36. The summed E-state index contributed by atoms with van der Waals surface area (Å²) in [6.45, 7) is 11.3. The molecule has 0 fully saturated rings. The Morgan fingerprint density at radius 1 is 1.32 bits per heavy atom. The third-order valence-electron chi connectivity index (χ3n) is 2.90. The Hall–Kier alpha value is -1.06. The second-order valence-electron chi connectivity index (χ2n) is 6.06. The second-order valence-corrected chi connectivity index (χ2v) is 6.06. The Bertz CT molecular complexity index is 396. The molecule has 0 aromatic heterocycles. The van der Waals surface area contributed by atoms with Crippen LogP contribution in [0, 0.1) is 6.92 Å². The molecule has 0 aliphatic rings. The minimum absolute atomic E-state index is 0.0133. The van der Waals surface area contributed by atoms with Crippen molar-refractivity contribution in [1.29, 1.82) is 0 Å². The average Bonchev–Trinajstić information content (AvgIpc) is 2.33. The molecule has 0 aliphatic heterocycles. The lowest BCUT2D eigenvalue weighted by molar-refractivity contribution is 0.0996. The fourth-order valence-electron chi connectivity index (χ4n) is 1.79. The van der Waals surface area contributed by atoms with E-state index in [0.29, 0.717) is 13.2 Å². The van der Waals surface area contributed by atoms with E-state index in [1.807, 2.05) is 12.1 Å². The monoisotopic (exact) mass is 265 g/mol. The van der Waals surface area contributed by atoms with E-state index >= 15 is 0 Å². The first kappa shape index (κ1) is 16.0. The number of rotatable bonds is 6. The minimum atomic E-state index is -0.495. The molecule has 1 aromatic rings. The summed E-state index contributed by atoms with van der Waals surface area (Å²) in [5.74, 6) is 0.878. The van der Waals surface area contributed by atoms with Crippen molar-refractivity contribution in [2.45, 2.75) is 52.7 Å². The third-order valence-corrected chi connectivity index (χ3v) is 2.90. The van der Waals surface area contributed by atoms with Gasteiger partial charge in [0.25, 0.3) is 0 Å². The van der Waals surface area contributed by atoms with E-state index < -0.39 is 6.10 Å². The summed E-state index contributed by atoms with van der Waals surface area (Å²) in [6.07, 6.45) is 0.443. The third kappa shape index (κ3) is 6.08. The zero-order chi connectivity index (χ0) is 14.5. The van der Waals surface area contributed by atoms with Crippen molar-refractivity contribution in [3.05, 3.63) is 29.3 Å². The highest BCUT2D eigenvalue weighted by atomic mass is 16.5. The van der Waals surface area contributed by atoms with E-state index in [-0.39, 0.29) is 5.54 Å². The van der Waals surface area contributed by atoms with Crippen molar-refractivity contribution in [2.24, 2.45) is 0 Å². The average molecular weight is 265 g/mol. The van der Waals surface area contributed by atoms with Crippen LogP contribution in [0.4, 0.5) is 0 Å². The lowest BCUT2D eigenvalue weighted by Crippen LogP contribution is -2.42. The van der Waals surface area contributed by atoms with Crippen molar-refractivity contribution in [1.82, 2.24) is 5.32 Å². The van der Waals surface area contributed by atoms with Gasteiger partial charge in [-0.15, -0.1) is 0 Å². The van der Waals surface area contributed by atoms with Gasteiger partial charge in [-0.25, -0.2) is 0 Å². The minimum Gasteiger partial charge on any atom is -0.491 e. The van der Waals surface area contributed by atoms with Crippen LogP contribution in [0.2, 0.25) is 0 Å². The van der Waals surface area contributed by atoms with Gasteiger partial charge in [0, 0.05) is 12.1 Å². The quantitative estimate of drug-likeness (QED) is 0.831. The Labute approximate surface area is 117 Å². The summed E-state index contributed by atoms with van der Waals surface area (Å²) < 4.78 is 5.72. The van der Waals surface area contributed by atoms with E-state index in [0.717, 1.165) is 12.2 Å². The topological polar surface area (TPSA) is 41.5 Å². The van der Waals surface area contributed by atoms with Crippen LogP contribution in [0.5, 0.6) is 5.75 Å². The number of benzene rings is 1. The Morgan fingerprint density at radius 3 is 2.58 bits per heavy atom. The van der Waals surface area contributed by atoms with Gasteiger partial charge in [0.05, 0.1) is 0 Å². The van der Waals surface area contributed by atoms with Gasteiger partial charge in [-0.1, -0.05) is 24.6 Å². The van der Waals surface area contributed by atoms with Crippen molar-refractivity contribution in [3.8, 4) is 5.75 Å². The Morgan fingerprint density at radius 2 is 2.00 bits per heavy atom. The summed E-state index contributed by atoms with van der Waals surface area (Å²) in [5.41, 5.74) is 2.44. The summed E-state index contributed by atoms with van der Waals surface area (Å²) >= 11 is 0. The fourth-order valence-corrected chi connectivity index (χ4v) is 1.79. The maximum atomic E-state index is 9.90. The van der Waals surface area contributed by atoms with Crippen molar-refractivity contribution >= 4 is 0 Å². The number of aliphatic hydroxyl groups is 1. The Kier molecular flexibility index (Phi) is 5.83. The van der Waals surface area contributed by atoms with Crippen LogP contribution in [0.15, 0.2) is 18.2 Å². The Balaban J connectivity index is 2.48. The van der Waals surface area contributed by atoms with Crippen molar-refractivity contribution in [3.63, 3.8) is 0 Å². The molecular formula is C16H27NO2. The van der Waals surface area contributed by atoms with E-state index in [4.69, 9.17) is 4.74 Å². The van der Waals surface area contributed by atoms with Gasteiger partial charge in [0.2, 0.25) is 0 Å². The number of aliphatic hydroxyl groups excluding tert-OH is 1. The van der Waals surface area contributed by atoms with Gasteiger partial charge in [0.1, 0.15) is 18.5 Å². The predicted molar refractivity (Wildman–Crippen MR) is 79.8 cm³/mol. The zero-order valence-corrected chi connectivity index (χ0v) is 12.8. The maximum absolute atomic E-state index is 9.90. The molecule has 2 N–H and O–H groups in total. The summed E-state index contributed by atoms with van der Waals surface area (Å²) in [4.78, 5) is 0. The van der Waals surface area contributed by atoms with Gasteiger partial charge < -0.3 is 15.2 Å². The van der Waals surface area contributed by atoms with Gasteiger partial charge in [-0.2, -0.15) is 0 Å². The fraction of sp³-hybridized carbons (Fsp3) is 0.625. The smallest absolute Gasteiger partial charge is 0.122 e. The SMILES string of the molecule is CCc1cc(C)ccc1OCC(O)CNC(C)(C)C. The number of aryl methyl sites for hydroxylation is 2. The van der Waals surface area contributed by atoms with Crippen LogP contribution < -0.4 is 10.1 Å². The molecule has 0 aliphatic carbocycles. The molecule has 0 spiro atoms. The molecule has 1 aromatic carbocycles. The molecule has 1 unspecified atom stereocenters. The molecular weight excluding hydrogens is 238 g/mol. The summed E-state index contributed by atoms with van der Waals surface area (Å²) in [6, 6.07) is 6.15. The van der Waals surface area contributed by atoms with Crippen LogP contribution in [0.1, 0.15) is 38.8 Å².